The molecule has 3 aromatic carbocycles. The Hall–Kier alpha value is -3.91. The van der Waals surface area contributed by atoms with E-state index in [9.17, 15) is 4.79 Å². The van der Waals surface area contributed by atoms with Crippen LogP contribution in [0.3, 0.4) is 0 Å². The lowest BCUT2D eigenvalue weighted by atomic mass is 10.1. The van der Waals surface area contributed by atoms with Gasteiger partial charge in [-0.15, -0.1) is 0 Å². The lowest BCUT2D eigenvalue weighted by Crippen LogP contribution is -2.33. The van der Waals surface area contributed by atoms with Crippen molar-refractivity contribution in [2.24, 2.45) is 5.10 Å². The smallest absolute Gasteiger partial charge is 0.262 e. The normalized spacial score (nSPS) is 10.7. The van der Waals surface area contributed by atoms with Gasteiger partial charge < -0.3 is 20.1 Å². The third-order valence-corrected chi connectivity index (χ3v) is 5.65. The topological polar surface area (TPSA) is 84.0 Å². The average Bonchev–Trinajstić information content (AvgIpc) is 2.86. The van der Waals surface area contributed by atoms with E-state index in [0.29, 0.717) is 23.2 Å². The lowest BCUT2D eigenvalue weighted by Gasteiger charge is -2.14. The number of hydrazone groups is 1. The van der Waals surface area contributed by atoms with Gasteiger partial charge in [0.25, 0.3) is 5.91 Å². The van der Waals surface area contributed by atoms with Crippen molar-refractivity contribution in [1.82, 2.24) is 10.7 Å². The number of anilines is 1. The van der Waals surface area contributed by atoms with Crippen LogP contribution >= 0.6 is 12.2 Å². The van der Waals surface area contributed by atoms with Gasteiger partial charge in [-0.25, -0.2) is 0 Å². The van der Waals surface area contributed by atoms with Crippen LogP contribution in [0, 0.1) is 20.8 Å². The summed E-state index contributed by atoms with van der Waals surface area (Å²) in [5.74, 6) is 0.724. The molecule has 0 unspecified atom stereocenters. The molecule has 0 spiro atoms. The predicted molar refractivity (Wildman–Crippen MR) is 149 cm³/mol. The zero-order valence-corrected chi connectivity index (χ0v) is 21.9. The van der Waals surface area contributed by atoms with Crippen molar-refractivity contribution in [3.8, 4) is 11.5 Å². The summed E-state index contributed by atoms with van der Waals surface area (Å²) < 4.78 is 11.1. The number of hydrogen-bond acceptors (Lipinski definition) is 5. The Labute approximate surface area is 217 Å². The fourth-order valence-corrected chi connectivity index (χ4v) is 3.90. The molecule has 0 bridgehead atoms. The van der Waals surface area contributed by atoms with Crippen molar-refractivity contribution in [3.63, 3.8) is 0 Å². The average molecular weight is 505 g/mol. The second-order valence-electron chi connectivity index (χ2n) is 8.38. The largest absolute Gasteiger partial charge is 0.493 e. The van der Waals surface area contributed by atoms with Crippen molar-refractivity contribution in [3.05, 3.63) is 88.5 Å². The van der Waals surface area contributed by atoms with E-state index in [0.717, 1.165) is 34.4 Å². The van der Waals surface area contributed by atoms with Crippen LogP contribution in [0.15, 0.2) is 65.8 Å². The number of benzene rings is 3. The highest BCUT2D eigenvalue weighted by molar-refractivity contribution is 7.80. The van der Waals surface area contributed by atoms with Crippen molar-refractivity contribution >= 4 is 35.1 Å². The highest BCUT2D eigenvalue weighted by Crippen LogP contribution is 2.28. The molecule has 0 radical (unpaired) electrons. The molecule has 3 rings (SSSR count). The van der Waals surface area contributed by atoms with Gasteiger partial charge >= 0.3 is 0 Å². The Morgan fingerprint density at radius 3 is 2.42 bits per heavy atom. The first-order chi connectivity index (χ1) is 17.4. The van der Waals surface area contributed by atoms with E-state index >= 15 is 0 Å². The number of thiocarbonyl (C=S) groups is 1. The predicted octanol–water partition coefficient (Wildman–Crippen LogP) is 4.68. The molecule has 0 atom stereocenters. The Morgan fingerprint density at radius 2 is 1.72 bits per heavy atom. The number of rotatable bonds is 10. The van der Waals surface area contributed by atoms with Gasteiger partial charge in [-0.05, 0) is 79.9 Å². The van der Waals surface area contributed by atoms with Crippen molar-refractivity contribution < 1.29 is 14.3 Å². The maximum Gasteiger partial charge on any atom is 0.262 e. The molecule has 0 saturated carbocycles. The van der Waals surface area contributed by atoms with Gasteiger partial charge in [-0.3, -0.25) is 10.2 Å². The third kappa shape index (κ3) is 8.09. The van der Waals surface area contributed by atoms with Gasteiger partial charge in [-0.2, -0.15) is 5.10 Å². The van der Waals surface area contributed by atoms with Crippen LogP contribution in [0.1, 0.15) is 27.8 Å². The number of nitrogens with zero attached hydrogens (tertiary/aromatic N) is 1. The fourth-order valence-electron chi connectivity index (χ4n) is 3.75. The van der Waals surface area contributed by atoms with Crippen LogP contribution in [0.25, 0.3) is 0 Å². The number of carbonyl (C=O) groups excluding carboxylic acids is 1. The summed E-state index contributed by atoms with van der Waals surface area (Å²) in [5.41, 5.74) is 8.84. The Morgan fingerprint density at radius 1 is 1.00 bits per heavy atom. The fraction of sp³-hybridized carbons (Fsp3) is 0.250. The van der Waals surface area contributed by atoms with Crippen molar-refractivity contribution in [1.29, 1.82) is 0 Å². The number of carbonyl (C=O) groups is 1. The highest BCUT2D eigenvalue weighted by atomic mass is 32.1. The summed E-state index contributed by atoms with van der Waals surface area (Å²) >= 11 is 5.26. The van der Waals surface area contributed by atoms with Crippen LogP contribution < -0.4 is 25.5 Å². The van der Waals surface area contributed by atoms with Gasteiger partial charge in [0.1, 0.15) is 0 Å². The molecule has 0 saturated heterocycles. The third-order valence-electron chi connectivity index (χ3n) is 5.41. The molecule has 188 valence electrons. The lowest BCUT2D eigenvalue weighted by molar-refractivity contribution is -0.118. The number of nitrogens with one attached hydrogen (secondary N) is 3. The minimum absolute atomic E-state index is 0.138. The molecule has 3 N–H and O–H groups in total. The highest BCUT2D eigenvalue weighted by Gasteiger charge is 2.11. The van der Waals surface area contributed by atoms with Crippen LogP contribution in [0.5, 0.6) is 11.5 Å². The van der Waals surface area contributed by atoms with E-state index in [-0.39, 0.29) is 12.5 Å². The molecule has 36 heavy (non-hydrogen) atoms. The molecular formula is C28H32N4O3S. The Balaban J connectivity index is 1.48. The first kappa shape index (κ1) is 26.7. The zero-order valence-electron chi connectivity index (χ0n) is 21.1. The molecule has 0 aliphatic rings. The quantitative estimate of drug-likeness (QED) is 0.211. The molecule has 0 heterocycles. The Kier molecular flexibility index (Phi) is 9.82. The van der Waals surface area contributed by atoms with E-state index in [1.807, 2.05) is 57.2 Å². The van der Waals surface area contributed by atoms with Crippen LogP contribution in [-0.2, 0) is 11.2 Å². The molecule has 7 nitrogen and oxygen atoms in total. The Bertz CT molecular complexity index is 1210. The molecule has 0 fully saturated rings. The zero-order chi connectivity index (χ0) is 25.9. The number of aryl methyl sites for hydroxylation is 3. The maximum absolute atomic E-state index is 12.5. The van der Waals surface area contributed by atoms with Crippen molar-refractivity contribution in [2.75, 3.05) is 25.6 Å². The molecule has 3 aromatic rings. The number of amides is 1. The summed E-state index contributed by atoms with van der Waals surface area (Å²) in [7, 11) is 1.55. The second kappa shape index (κ2) is 13.3. The minimum Gasteiger partial charge on any atom is -0.493 e. The molecule has 0 aliphatic heterocycles. The van der Waals surface area contributed by atoms with E-state index in [1.54, 1.807) is 25.5 Å². The number of ether oxygens (including phenoxy) is 2. The van der Waals surface area contributed by atoms with E-state index in [4.69, 9.17) is 21.7 Å². The summed E-state index contributed by atoms with van der Waals surface area (Å²) in [6.45, 7) is 6.55. The molecular weight excluding hydrogens is 472 g/mol. The summed E-state index contributed by atoms with van der Waals surface area (Å²) in [5, 5.41) is 10.7. The van der Waals surface area contributed by atoms with Gasteiger partial charge in [0, 0.05) is 12.2 Å². The molecule has 0 aromatic heterocycles. The second-order valence-corrected chi connectivity index (χ2v) is 8.79. The standard InChI is InChI=1S/C28H32N4O3S/c1-19-14-20(2)27(21(3)15-19)31-26(33)18-35-24-11-10-23(16-25(24)34-4)17-30-32-28(36)29-13-12-22-8-6-5-7-9-22/h5-11,14-17H,12-13,18H2,1-4H3,(H,31,33)(H2,29,32,36). The molecule has 8 heteroatoms. The van der Waals surface area contributed by atoms with Gasteiger partial charge in [0.05, 0.1) is 13.3 Å². The van der Waals surface area contributed by atoms with Gasteiger partial charge in [0.2, 0.25) is 0 Å². The van der Waals surface area contributed by atoms with Gasteiger partial charge in [-0.1, -0.05) is 48.0 Å². The minimum atomic E-state index is -0.241. The first-order valence-electron chi connectivity index (χ1n) is 11.6. The van der Waals surface area contributed by atoms with E-state index < -0.39 is 0 Å². The monoisotopic (exact) mass is 504 g/mol. The molecule has 1 amide bonds. The van der Waals surface area contributed by atoms with E-state index in [2.05, 4.69) is 33.3 Å². The van der Waals surface area contributed by atoms with Crippen LogP contribution in [0.4, 0.5) is 5.69 Å². The maximum atomic E-state index is 12.5. The van der Waals surface area contributed by atoms with Crippen LogP contribution in [0.2, 0.25) is 0 Å². The number of methoxy groups -OCH3 is 1. The van der Waals surface area contributed by atoms with Crippen LogP contribution in [-0.4, -0.2) is 37.5 Å². The SMILES string of the molecule is COc1cc(C=NNC(=S)NCCc2ccccc2)ccc1OCC(=O)Nc1c(C)cc(C)cc1C. The summed E-state index contributed by atoms with van der Waals surface area (Å²) in [6, 6.07) is 19.6. The van der Waals surface area contributed by atoms with Crippen molar-refractivity contribution in [2.45, 2.75) is 27.2 Å². The summed E-state index contributed by atoms with van der Waals surface area (Å²) in [4.78, 5) is 12.5. The number of hydrogen-bond donors (Lipinski definition) is 3. The summed E-state index contributed by atoms with van der Waals surface area (Å²) in [6.07, 6.45) is 2.50. The van der Waals surface area contributed by atoms with E-state index in [1.165, 1.54) is 5.56 Å². The first-order valence-corrected chi connectivity index (χ1v) is 12.1. The molecule has 0 aliphatic carbocycles. The van der Waals surface area contributed by atoms with Gasteiger partial charge in [0.15, 0.2) is 23.2 Å².